The summed E-state index contributed by atoms with van der Waals surface area (Å²) in [6.45, 7) is 4.45. The second-order valence-electron chi connectivity index (χ2n) is 12.4. The topological polar surface area (TPSA) is 122 Å². The first-order valence-electron chi connectivity index (χ1n) is 13.4. The normalized spacial score (nSPS) is 24.3. The van der Waals surface area contributed by atoms with Gasteiger partial charge in [0, 0.05) is 28.9 Å². The maximum Gasteiger partial charge on any atom is 0.258 e. The predicted molar refractivity (Wildman–Crippen MR) is 149 cm³/mol. The Morgan fingerprint density at radius 2 is 1.67 bits per heavy atom. The molecule has 39 heavy (non-hydrogen) atoms. The van der Waals surface area contributed by atoms with Crippen LogP contribution in [0.15, 0.2) is 47.4 Å². The Bertz CT molecular complexity index is 1550. The van der Waals surface area contributed by atoms with E-state index in [1.54, 1.807) is 29.2 Å². The van der Waals surface area contributed by atoms with Crippen molar-refractivity contribution in [3.63, 3.8) is 0 Å². The second kappa shape index (κ2) is 8.76. The minimum absolute atomic E-state index is 0.0335. The van der Waals surface area contributed by atoms with Crippen LogP contribution < -0.4 is 14.3 Å². The van der Waals surface area contributed by atoms with E-state index in [1.807, 2.05) is 19.9 Å². The van der Waals surface area contributed by atoms with Crippen molar-refractivity contribution in [3.05, 3.63) is 53.6 Å². The number of nitrogens with zero attached hydrogens (tertiary/aromatic N) is 1. The summed E-state index contributed by atoms with van der Waals surface area (Å²) in [7, 11) is -7.31. The van der Waals surface area contributed by atoms with E-state index in [1.165, 1.54) is 25.0 Å². The molecule has 2 aromatic carbocycles. The third kappa shape index (κ3) is 4.87. The number of hydrogen-bond donors (Lipinski definition) is 2. The van der Waals surface area contributed by atoms with Crippen LogP contribution in [0.1, 0.15) is 68.3 Å². The minimum atomic E-state index is -3.85. The maximum absolute atomic E-state index is 13.9. The van der Waals surface area contributed by atoms with Crippen LogP contribution in [-0.2, 0) is 30.2 Å². The van der Waals surface area contributed by atoms with Crippen molar-refractivity contribution in [1.29, 1.82) is 0 Å². The number of amides is 1. The number of sulfonamides is 2. The van der Waals surface area contributed by atoms with Crippen LogP contribution in [0.4, 0.5) is 11.4 Å². The lowest BCUT2D eigenvalue weighted by Crippen LogP contribution is -2.62. The monoisotopic (exact) mass is 573 g/mol. The van der Waals surface area contributed by atoms with Crippen LogP contribution >= 0.6 is 0 Å². The predicted octanol–water partition coefficient (Wildman–Crippen LogP) is 3.77. The zero-order valence-corrected chi connectivity index (χ0v) is 24.1. The van der Waals surface area contributed by atoms with Crippen molar-refractivity contribution in [2.24, 2.45) is 5.41 Å². The van der Waals surface area contributed by atoms with Gasteiger partial charge in [0.25, 0.3) is 5.91 Å². The van der Waals surface area contributed by atoms with Gasteiger partial charge in [-0.05, 0) is 99.7 Å². The summed E-state index contributed by atoms with van der Waals surface area (Å²) in [6, 6.07) is 11.2. The van der Waals surface area contributed by atoms with Gasteiger partial charge in [0.05, 0.1) is 29.4 Å². The van der Waals surface area contributed by atoms with E-state index in [9.17, 15) is 21.6 Å². The van der Waals surface area contributed by atoms with Crippen molar-refractivity contribution >= 4 is 37.3 Å². The molecule has 2 heterocycles. The number of anilines is 2. The van der Waals surface area contributed by atoms with E-state index < -0.39 is 25.6 Å². The zero-order valence-electron chi connectivity index (χ0n) is 22.5. The molecule has 2 aliphatic carbocycles. The molecule has 1 unspecified atom stereocenters. The summed E-state index contributed by atoms with van der Waals surface area (Å²) in [5.74, 6) is -0.270. The highest BCUT2D eigenvalue weighted by Gasteiger charge is 2.53. The van der Waals surface area contributed by atoms with Gasteiger partial charge in [-0.25, -0.2) is 21.6 Å². The van der Waals surface area contributed by atoms with Crippen LogP contribution in [0.2, 0.25) is 0 Å². The van der Waals surface area contributed by atoms with Crippen molar-refractivity contribution in [2.45, 2.75) is 74.3 Å². The first-order chi connectivity index (χ1) is 18.2. The molecule has 2 N–H and O–H groups in total. The highest BCUT2D eigenvalue weighted by molar-refractivity contribution is 7.92. The summed E-state index contributed by atoms with van der Waals surface area (Å²) in [4.78, 5) is 15.7. The number of ether oxygens (including phenoxy) is 1. The van der Waals surface area contributed by atoms with Crippen LogP contribution in [0.25, 0.3) is 0 Å². The van der Waals surface area contributed by atoms with Gasteiger partial charge in [-0.3, -0.25) is 9.52 Å². The Balaban J connectivity index is 1.31. The molecule has 9 nitrogen and oxygen atoms in total. The smallest absolute Gasteiger partial charge is 0.258 e. The Morgan fingerprint density at radius 1 is 0.974 bits per heavy atom. The largest absolute Gasteiger partial charge is 0.372 e. The van der Waals surface area contributed by atoms with E-state index in [2.05, 4.69) is 9.44 Å². The van der Waals surface area contributed by atoms with Crippen molar-refractivity contribution in [1.82, 2.24) is 4.72 Å². The Morgan fingerprint density at radius 3 is 2.26 bits per heavy atom. The summed E-state index contributed by atoms with van der Waals surface area (Å²) in [5.41, 5.74) is 2.12. The molecule has 0 bridgehead atoms. The molecule has 2 aromatic rings. The maximum atomic E-state index is 13.9. The molecule has 2 aliphatic heterocycles. The summed E-state index contributed by atoms with van der Waals surface area (Å²) < 4.78 is 60.8. The SMILES string of the molecule is CC1(C)OCC1NS(=O)(=O)c1cccc(C(=O)N2CC3(CCC4(CC4)CC3)c3cc(NS(C)(=O)=O)ccc32)c1. The molecule has 210 valence electrons. The lowest BCUT2D eigenvalue weighted by molar-refractivity contribution is -0.146. The fraction of sp³-hybridized carbons (Fsp3) is 0.536. The van der Waals surface area contributed by atoms with E-state index in [0.29, 0.717) is 24.3 Å². The molecule has 2 saturated carbocycles. The molecule has 1 amide bonds. The fourth-order valence-corrected chi connectivity index (χ4v) is 8.33. The van der Waals surface area contributed by atoms with Gasteiger partial charge in [0.1, 0.15) is 0 Å². The summed E-state index contributed by atoms with van der Waals surface area (Å²) >= 11 is 0. The van der Waals surface area contributed by atoms with Gasteiger partial charge in [0.15, 0.2) is 0 Å². The van der Waals surface area contributed by atoms with Crippen molar-refractivity contribution in [3.8, 4) is 0 Å². The zero-order chi connectivity index (χ0) is 27.8. The average molecular weight is 574 g/mol. The molecular weight excluding hydrogens is 538 g/mol. The molecule has 0 aromatic heterocycles. The third-order valence-electron chi connectivity index (χ3n) is 9.24. The highest BCUT2D eigenvalue weighted by Crippen LogP contribution is 2.62. The average Bonchev–Trinajstić information content (AvgIpc) is 3.57. The van der Waals surface area contributed by atoms with Crippen molar-refractivity contribution in [2.75, 3.05) is 29.0 Å². The molecule has 0 radical (unpaired) electrons. The van der Waals surface area contributed by atoms with E-state index in [-0.39, 0.29) is 27.8 Å². The number of fused-ring (bicyclic) bond motifs is 2. The Labute approximate surface area is 230 Å². The number of benzene rings is 2. The van der Waals surface area contributed by atoms with Gasteiger partial charge in [-0.2, -0.15) is 0 Å². The molecule has 6 rings (SSSR count). The van der Waals surface area contributed by atoms with E-state index in [0.717, 1.165) is 43.2 Å². The molecule has 2 spiro atoms. The van der Waals surface area contributed by atoms with Crippen molar-refractivity contribution < 1.29 is 26.4 Å². The van der Waals surface area contributed by atoms with Crippen LogP contribution in [0.5, 0.6) is 0 Å². The summed E-state index contributed by atoms with van der Waals surface area (Å²) in [5, 5.41) is 0. The molecule has 1 saturated heterocycles. The number of carbonyl (C=O) groups is 1. The Kier molecular flexibility index (Phi) is 6.01. The molecule has 4 aliphatic rings. The lowest BCUT2D eigenvalue weighted by Gasteiger charge is -2.44. The standard InChI is InChI=1S/C28H35N3O6S2/c1-26(2)24(17-37-26)30-39(35,36)21-6-4-5-19(15-21)25(32)31-18-28(13-11-27(9-10-27)12-14-28)22-16-20(7-8-23(22)31)29-38(3,33)34/h4-8,15-16,24,29-30H,9-14,17-18H2,1-3H3. The lowest BCUT2D eigenvalue weighted by atomic mass is 9.66. The summed E-state index contributed by atoms with van der Waals surface area (Å²) in [6.07, 6.45) is 7.70. The number of carbonyl (C=O) groups excluding carboxylic acids is 1. The van der Waals surface area contributed by atoms with Crippen LogP contribution in [-0.4, -0.2) is 53.8 Å². The van der Waals surface area contributed by atoms with Crippen LogP contribution in [0, 0.1) is 5.41 Å². The van der Waals surface area contributed by atoms with Gasteiger partial charge in [-0.1, -0.05) is 6.07 Å². The number of hydrogen-bond acceptors (Lipinski definition) is 6. The van der Waals surface area contributed by atoms with Crippen LogP contribution in [0.3, 0.4) is 0 Å². The third-order valence-corrected chi connectivity index (χ3v) is 11.3. The number of nitrogens with one attached hydrogen (secondary N) is 2. The first kappa shape index (κ1) is 26.7. The molecular formula is C28H35N3O6S2. The van der Waals surface area contributed by atoms with Gasteiger partial charge in [0.2, 0.25) is 20.0 Å². The number of rotatable bonds is 6. The molecule has 1 atom stereocenters. The Hall–Kier alpha value is -2.47. The fourth-order valence-electron chi connectivity index (χ4n) is 6.37. The van der Waals surface area contributed by atoms with E-state index >= 15 is 0 Å². The van der Waals surface area contributed by atoms with Gasteiger partial charge in [-0.15, -0.1) is 0 Å². The molecule has 3 fully saturated rings. The second-order valence-corrected chi connectivity index (χ2v) is 15.9. The first-order valence-corrected chi connectivity index (χ1v) is 16.8. The highest BCUT2D eigenvalue weighted by atomic mass is 32.2. The minimum Gasteiger partial charge on any atom is -0.372 e. The van der Waals surface area contributed by atoms with Gasteiger partial charge >= 0.3 is 0 Å². The van der Waals surface area contributed by atoms with E-state index in [4.69, 9.17) is 4.74 Å². The quantitative estimate of drug-likeness (QED) is 0.543. The van der Waals surface area contributed by atoms with Gasteiger partial charge < -0.3 is 9.64 Å². The molecule has 11 heteroatoms.